The van der Waals surface area contributed by atoms with Crippen LogP contribution in [0.3, 0.4) is 0 Å². The highest BCUT2D eigenvalue weighted by Gasteiger charge is 2.13. The van der Waals surface area contributed by atoms with E-state index in [1.807, 2.05) is 25.1 Å². The van der Waals surface area contributed by atoms with Crippen molar-refractivity contribution < 1.29 is 18.7 Å². The highest BCUT2D eigenvalue weighted by Crippen LogP contribution is 2.20. The van der Waals surface area contributed by atoms with Crippen LogP contribution in [0.25, 0.3) is 0 Å². The summed E-state index contributed by atoms with van der Waals surface area (Å²) in [5.41, 5.74) is 1.56. The minimum absolute atomic E-state index is 0.000180. The Bertz CT molecular complexity index is 615. The summed E-state index contributed by atoms with van der Waals surface area (Å²) in [6.45, 7) is 2.65. The van der Waals surface area contributed by atoms with Gasteiger partial charge in [-0.2, -0.15) is 0 Å². The maximum atomic E-state index is 12.1. The van der Waals surface area contributed by atoms with Gasteiger partial charge in [0.2, 0.25) is 0 Å². The van der Waals surface area contributed by atoms with Gasteiger partial charge in [0.05, 0.1) is 19.3 Å². The van der Waals surface area contributed by atoms with Crippen LogP contribution in [0.2, 0.25) is 0 Å². The van der Waals surface area contributed by atoms with Crippen LogP contribution in [0, 0.1) is 0 Å². The van der Waals surface area contributed by atoms with Crippen molar-refractivity contribution >= 4 is 28.2 Å². The van der Waals surface area contributed by atoms with Gasteiger partial charge in [-0.05, 0) is 23.8 Å². The number of benzene rings is 1. The molecule has 0 amide bonds. The summed E-state index contributed by atoms with van der Waals surface area (Å²) >= 11 is 3.33. The molecule has 0 aliphatic heterocycles. The molecular formula is C16H15BrO4. The van der Waals surface area contributed by atoms with Gasteiger partial charge in [-0.3, -0.25) is 9.59 Å². The van der Waals surface area contributed by atoms with Gasteiger partial charge in [-0.1, -0.05) is 35.0 Å². The number of hydrogen-bond acceptors (Lipinski definition) is 4. The van der Waals surface area contributed by atoms with Gasteiger partial charge in [0.25, 0.3) is 6.47 Å². The highest BCUT2D eigenvalue weighted by molar-refractivity contribution is 9.10. The second-order valence-electron chi connectivity index (χ2n) is 4.78. The number of ketones is 1. The molecule has 0 aliphatic rings. The molecular weight excluding hydrogens is 336 g/mol. The number of halogens is 1. The van der Waals surface area contributed by atoms with Gasteiger partial charge >= 0.3 is 0 Å². The molecule has 0 aliphatic carbocycles. The van der Waals surface area contributed by atoms with Crippen LogP contribution in [0.1, 0.15) is 34.5 Å². The van der Waals surface area contributed by atoms with E-state index in [0.29, 0.717) is 24.4 Å². The zero-order valence-electron chi connectivity index (χ0n) is 11.5. The third kappa shape index (κ3) is 4.29. The Balaban J connectivity index is 2.00. The second kappa shape index (κ2) is 7.22. The summed E-state index contributed by atoms with van der Waals surface area (Å²) in [5, 5.41) is 0. The molecule has 1 heterocycles. The van der Waals surface area contributed by atoms with Crippen molar-refractivity contribution in [2.75, 3.05) is 6.61 Å². The van der Waals surface area contributed by atoms with Gasteiger partial charge in [-0.25, -0.2) is 0 Å². The van der Waals surface area contributed by atoms with E-state index < -0.39 is 0 Å². The van der Waals surface area contributed by atoms with Crippen LogP contribution >= 0.6 is 15.9 Å². The van der Waals surface area contributed by atoms with E-state index in [2.05, 4.69) is 15.9 Å². The monoisotopic (exact) mass is 350 g/mol. The van der Waals surface area contributed by atoms with Gasteiger partial charge < -0.3 is 9.15 Å². The van der Waals surface area contributed by atoms with E-state index in [-0.39, 0.29) is 18.1 Å². The summed E-state index contributed by atoms with van der Waals surface area (Å²) in [4.78, 5) is 22.3. The number of carbonyl (C=O) groups is 2. The fourth-order valence-corrected chi connectivity index (χ4v) is 2.19. The number of rotatable bonds is 7. The molecule has 0 spiro atoms. The van der Waals surface area contributed by atoms with Crippen LogP contribution in [0.15, 0.2) is 45.5 Å². The molecule has 110 valence electrons. The highest BCUT2D eigenvalue weighted by atomic mass is 79.9. The van der Waals surface area contributed by atoms with Crippen molar-refractivity contribution in [3.05, 3.63) is 58.0 Å². The number of Topliss-reactive ketones (excluding diaryl/α,β-unsaturated/α-hetero) is 1. The first-order chi connectivity index (χ1) is 10.1. The van der Waals surface area contributed by atoms with Crippen molar-refractivity contribution in [2.45, 2.75) is 19.3 Å². The molecule has 1 aromatic heterocycles. The van der Waals surface area contributed by atoms with Crippen LogP contribution in [0.5, 0.6) is 0 Å². The van der Waals surface area contributed by atoms with E-state index >= 15 is 0 Å². The number of carbonyl (C=O) groups excluding carboxylic acids is 2. The third-order valence-electron chi connectivity index (χ3n) is 3.16. The Labute approximate surface area is 131 Å². The Hall–Kier alpha value is -1.88. The molecule has 0 N–H and O–H groups in total. The lowest BCUT2D eigenvalue weighted by Crippen LogP contribution is -2.03. The average Bonchev–Trinajstić information content (AvgIpc) is 2.94. The number of ether oxygens (including phenoxy) is 1. The first-order valence-electron chi connectivity index (χ1n) is 6.51. The van der Waals surface area contributed by atoms with E-state index in [9.17, 15) is 9.59 Å². The minimum atomic E-state index is 0.000180. The molecule has 0 saturated heterocycles. The van der Waals surface area contributed by atoms with E-state index in [4.69, 9.17) is 9.15 Å². The van der Waals surface area contributed by atoms with Gasteiger partial charge in [0, 0.05) is 16.0 Å². The molecule has 2 rings (SSSR count). The maximum Gasteiger partial charge on any atom is 0.293 e. The molecule has 0 fully saturated rings. The quantitative estimate of drug-likeness (QED) is 0.563. The maximum absolute atomic E-state index is 12.1. The van der Waals surface area contributed by atoms with Crippen molar-refractivity contribution in [1.82, 2.24) is 0 Å². The predicted octanol–water partition coefficient (Wildman–Crippen LogP) is 3.74. The lowest BCUT2D eigenvalue weighted by Gasteiger charge is -2.05. The van der Waals surface area contributed by atoms with Gasteiger partial charge in [0.15, 0.2) is 5.78 Å². The summed E-state index contributed by atoms with van der Waals surface area (Å²) in [7, 11) is 0. The first-order valence-corrected chi connectivity index (χ1v) is 7.30. The van der Waals surface area contributed by atoms with Crippen molar-refractivity contribution in [1.29, 1.82) is 0 Å². The normalized spacial score (nSPS) is 11.9. The van der Waals surface area contributed by atoms with Crippen LogP contribution in [0.4, 0.5) is 0 Å². The summed E-state index contributed by atoms with van der Waals surface area (Å²) in [6.07, 6.45) is 1.81. The van der Waals surface area contributed by atoms with E-state index in [1.165, 1.54) is 0 Å². The lowest BCUT2D eigenvalue weighted by molar-refractivity contribution is -0.129. The summed E-state index contributed by atoms with van der Waals surface area (Å²) < 4.78 is 11.1. The smallest absolute Gasteiger partial charge is 0.293 e. The molecule has 1 unspecified atom stereocenters. The summed E-state index contributed by atoms with van der Waals surface area (Å²) in [6, 6.07) is 9.04. The molecule has 5 heteroatoms. The van der Waals surface area contributed by atoms with Crippen molar-refractivity contribution in [3.63, 3.8) is 0 Å². The minimum Gasteiger partial charge on any atom is -0.469 e. The fourth-order valence-electron chi connectivity index (χ4n) is 1.92. The molecule has 1 aromatic carbocycles. The predicted molar refractivity (Wildman–Crippen MR) is 81.3 cm³/mol. The van der Waals surface area contributed by atoms with Crippen LogP contribution in [-0.4, -0.2) is 18.9 Å². The van der Waals surface area contributed by atoms with E-state index in [1.54, 1.807) is 18.4 Å². The zero-order valence-corrected chi connectivity index (χ0v) is 13.1. The Morgan fingerprint density at radius 3 is 2.76 bits per heavy atom. The Morgan fingerprint density at radius 2 is 2.10 bits per heavy atom. The van der Waals surface area contributed by atoms with Gasteiger partial charge in [-0.15, -0.1) is 0 Å². The average molecular weight is 351 g/mol. The molecule has 1 atom stereocenters. The standard InChI is InChI=1S/C16H15BrO4/c1-11(8-20-10-18)13-6-15(21-9-13)7-16(19)12-2-4-14(17)5-3-12/h2-6,9-11H,7-8H2,1H3. The second-order valence-corrected chi connectivity index (χ2v) is 5.70. The molecule has 4 nitrogen and oxygen atoms in total. The lowest BCUT2D eigenvalue weighted by atomic mass is 10.0. The van der Waals surface area contributed by atoms with Crippen molar-refractivity contribution in [2.24, 2.45) is 0 Å². The molecule has 21 heavy (non-hydrogen) atoms. The fraction of sp³-hybridized carbons (Fsp3) is 0.250. The molecule has 0 radical (unpaired) electrons. The summed E-state index contributed by atoms with van der Waals surface area (Å²) in [5.74, 6) is 0.645. The van der Waals surface area contributed by atoms with Crippen molar-refractivity contribution in [3.8, 4) is 0 Å². The number of hydrogen-bond donors (Lipinski definition) is 0. The molecule has 2 aromatic rings. The first kappa shape index (κ1) is 15.5. The SMILES string of the molecule is CC(COC=O)c1coc(CC(=O)c2ccc(Br)cc2)c1. The largest absolute Gasteiger partial charge is 0.469 e. The third-order valence-corrected chi connectivity index (χ3v) is 3.69. The van der Waals surface area contributed by atoms with E-state index in [0.717, 1.165) is 10.0 Å². The zero-order chi connectivity index (χ0) is 15.2. The topological polar surface area (TPSA) is 56.5 Å². The van der Waals surface area contributed by atoms with Crippen LogP contribution in [-0.2, 0) is 16.0 Å². The van der Waals surface area contributed by atoms with Gasteiger partial charge in [0.1, 0.15) is 5.76 Å². The molecule has 0 saturated carbocycles. The van der Waals surface area contributed by atoms with Crippen LogP contribution < -0.4 is 0 Å². The molecule has 0 bridgehead atoms. The number of furan rings is 1. The Kier molecular flexibility index (Phi) is 5.33. The Morgan fingerprint density at radius 1 is 1.38 bits per heavy atom.